The van der Waals surface area contributed by atoms with Crippen molar-refractivity contribution in [1.82, 2.24) is 14.5 Å². The number of nitrogens with zero attached hydrogens (tertiary/aromatic N) is 3. The van der Waals surface area contributed by atoms with Crippen molar-refractivity contribution in [2.75, 3.05) is 0 Å². The Hall–Kier alpha value is -3.17. The summed E-state index contributed by atoms with van der Waals surface area (Å²) in [5.74, 6) is 1.08. The van der Waals surface area contributed by atoms with E-state index in [-0.39, 0.29) is 0 Å². The maximum Gasteiger partial charge on any atom is 0.140 e. The minimum absolute atomic E-state index is 0.869. The molecule has 0 fully saturated rings. The maximum absolute atomic E-state index is 4.87. The van der Waals surface area contributed by atoms with Crippen molar-refractivity contribution in [3.63, 3.8) is 0 Å². The molecule has 4 rings (SSSR count). The lowest BCUT2D eigenvalue weighted by molar-refractivity contribution is 0.241. The number of hydrogen-bond acceptors (Lipinski definition) is 2. The molecule has 3 nitrogen and oxygen atoms in total. The van der Waals surface area contributed by atoms with Gasteiger partial charge in [-0.15, -0.1) is 0 Å². The summed E-state index contributed by atoms with van der Waals surface area (Å²) in [5, 5.41) is 0. The van der Waals surface area contributed by atoms with Crippen LogP contribution in [0.25, 0.3) is 11.4 Å². The van der Waals surface area contributed by atoms with Crippen LogP contribution in [0.15, 0.2) is 91.1 Å². The number of rotatable bonds is 11. The van der Waals surface area contributed by atoms with Gasteiger partial charge >= 0.3 is 0 Å². The molecule has 0 saturated heterocycles. The lowest BCUT2D eigenvalue weighted by atomic mass is 10.1. The van der Waals surface area contributed by atoms with E-state index >= 15 is 0 Å². The van der Waals surface area contributed by atoms with Gasteiger partial charge in [0, 0.05) is 31.7 Å². The van der Waals surface area contributed by atoms with Gasteiger partial charge in [0.05, 0.1) is 11.9 Å². The van der Waals surface area contributed by atoms with Gasteiger partial charge in [0.2, 0.25) is 0 Å². The van der Waals surface area contributed by atoms with E-state index in [0.717, 1.165) is 44.8 Å². The smallest absolute Gasteiger partial charge is 0.140 e. The van der Waals surface area contributed by atoms with Crippen molar-refractivity contribution >= 4 is 0 Å². The maximum atomic E-state index is 4.87. The highest BCUT2D eigenvalue weighted by Gasteiger charge is 2.16. The molecule has 0 radical (unpaired) electrons. The Balaban J connectivity index is 1.62. The molecular formula is C30H35N3. The fourth-order valence-electron chi connectivity index (χ4n) is 4.30. The second kappa shape index (κ2) is 11.6. The molecule has 3 heteroatoms. The Morgan fingerprint density at radius 1 is 0.697 bits per heavy atom. The normalized spacial score (nSPS) is 11.2. The van der Waals surface area contributed by atoms with E-state index in [0.29, 0.717) is 0 Å². The molecule has 33 heavy (non-hydrogen) atoms. The molecule has 0 spiro atoms. The summed E-state index contributed by atoms with van der Waals surface area (Å²) < 4.78 is 2.43. The number of hydrogen-bond donors (Lipinski definition) is 0. The lowest BCUT2D eigenvalue weighted by Gasteiger charge is -2.24. The van der Waals surface area contributed by atoms with E-state index in [4.69, 9.17) is 4.98 Å². The molecule has 4 aromatic rings. The number of imidazole rings is 1. The minimum Gasteiger partial charge on any atom is -0.327 e. The van der Waals surface area contributed by atoms with Crippen LogP contribution in [0.3, 0.4) is 0 Å². The molecule has 0 N–H and O–H groups in total. The molecule has 0 bridgehead atoms. The predicted molar refractivity (Wildman–Crippen MR) is 138 cm³/mol. The van der Waals surface area contributed by atoms with Gasteiger partial charge in [0.25, 0.3) is 0 Å². The Kier molecular flexibility index (Phi) is 8.10. The monoisotopic (exact) mass is 437 g/mol. The highest BCUT2D eigenvalue weighted by molar-refractivity contribution is 5.55. The third-order valence-electron chi connectivity index (χ3n) is 6.18. The van der Waals surface area contributed by atoms with Crippen molar-refractivity contribution in [3.05, 3.63) is 114 Å². The van der Waals surface area contributed by atoms with E-state index in [1.54, 1.807) is 0 Å². The fraction of sp³-hybridized carbons (Fsp3) is 0.300. The highest BCUT2D eigenvalue weighted by Crippen LogP contribution is 2.23. The second-order valence-electron chi connectivity index (χ2n) is 8.75. The van der Waals surface area contributed by atoms with Gasteiger partial charge in [-0.1, -0.05) is 105 Å². The highest BCUT2D eigenvalue weighted by atomic mass is 15.2. The Morgan fingerprint density at radius 3 is 1.94 bits per heavy atom. The van der Waals surface area contributed by atoms with E-state index in [1.807, 2.05) is 0 Å². The van der Waals surface area contributed by atoms with Gasteiger partial charge in [-0.2, -0.15) is 0 Å². The first-order chi connectivity index (χ1) is 16.3. The minimum atomic E-state index is 0.869. The first-order valence-electron chi connectivity index (χ1n) is 12.2. The van der Waals surface area contributed by atoms with E-state index in [1.165, 1.54) is 34.4 Å². The van der Waals surface area contributed by atoms with Crippen LogP contribution in [0, 0.1) is 0 Å². The van der Waals surface area contributed by atoms with Crippen LogP contribution in [0.1, 0.15) is 49.1 Å². The van der Waals surface area contributed by atoms with Crippen molar-refractivity contribution in [1.29, 1.82) is 0 Å². The van der Waals surface area contributed by atoms with Gasteiger partial charge in [0.15, 0.2) is 0 Å². The zero-order chi connectivity index (χ0) is 22.9. The number of aromatic nitrogens is 2. The van der Waals surface area contributed by atoms with Crippen LogP contribution in [-0.2, 0) is 32.6 Å². The molecule has 0 atom stereocenters. The first-order valence-corrected chi connectivity index (χ1v) is 12.2. The van der Waals surface area contributed by atoms with Gasteiger partial charge < -0.3 is 4.57 Å². The van der Waals surface area contributed by atoms with Crippen LogP contribution >= 0.6 is 0 Å². The summed E-state index contributed by atoms with van der Waals surface area (Å²) in [5.41, 5.74) is 6.54. The van der Waals surface area contributed by atoms with E-state index in [2.05, 4.69) is 114 Å². The summed E-state index contributed by atoms with van der Waals surface area (Å²) >= 11 is 0. The predicted octanol–water partition coefficient (Wildman–Crippen LogP) is 7.12. The summed E-state index contributed by atoms with van der Waals surface area (Å²) in [6.07, 6.45) is 5.48. The van der Waals surface area contributed by atoms with Crippen molar-refractivity contribution in [2.24, 2.45) is 0 Å². The fourth-order valence-corrected chi connectivity index (χ4v) is 4.30. The molecule has 0 aliphatic rings. The zero-order valence-corrected chi connectivity index (χ0v) is 20.0. The van der Waals surface area contributed by atoms with Crippen LogP contribution in [0.5, 0.6) is 0 Å². The van der Waals surface area contributed by atoms with Crippen LogP contribution in [-0.4, -0.2) is 14.5 Å². The zero-order valence-electron chi connectivity index (χ0n) is 20.0. The molecule has 0 amide bonds. The molecule has 0 aliphatic heterocycles. The molecular weight excluding hydrogens is 402 g/mol. The average Bonchev–Trinajstić information content (AvgIpc) is 3.26. The van der Waals surface area contributed by atoms with Crippen LogP contribution < -0.4 is 0 Å². The number of unbranched alkanes of at least 4 members (excludes halogenated alkanes) is 1. The SMILES string of the molecule is CCCCn1c(CN(Cc2ccccc2)Cc2ccc(CC)cc2)cnc1-c1ccccc1. The van der Waals surface area contributed by atoms with Gasteiger partial charge in [-0.25, -0.2) is 4.98 Å². The van der Waals surface area contributed by atoms with Crippen LogP contribution in [0.4, 0.5) is 0 Å². The van der Waals surface area contributed by atoms with Crippen molar-refractivity contribution in [3.8, 4) is 11.4 Å². The van der Waals surface area contributed by atoms with E-state index < -0.39 is 0 Å². The standard InChI is InChI=1S/C30H35N3/c1-3-5-20-33-29(21-31-30(33)28-14-10-7-11-15-28)24-32(22-26-12-8-6-9-13-26)23-27-18-16-25(4-2)17-19-27/h6-19,21H,3-5,20,22-24H2,1-2H3. The molecule has 1 aromatic heterocycles. The number of benzene rings is 3. The van der Waals surface area contributed by atoms with Crippen LogP contribution in [0.2, 0.25) is 0 Å². The summed E-state index contributed by atoms with van der Waals surface area (Å²) in [6.45, 7) is 8.15. The first kappa shape index (κ1) is 23.0. The molecule has 0 saturated carbocycles. The Bertz CT molecular complexity index is 1100. The molecule has 1 heterocycles. The third-order valence-corrected chi connectivity index (χ3v) is 6.18. The third kappa shape index (κ3) is 6.21. The lowest BCUT2D eigenvalue weighted by Crippen LogP contribution is -2.24. The summed E-state index contributed by atoms with van der Waals surface area (Å²) in [7, 11) is 0. The average molecular weight is 438 g/mol. The van der Waals surface area contributed by atoms with E-state index in [9.17, 15) is 0 Å². The summed E-state index contributed by atoms with van der Waals surface area (Å²) in [6, 6.07) is 30.4. The molecule has 0 unspecified atom stereocenters. The topological polar surface area (TPSA) is 21.1 Å². The van der Waals surface area contributed by atoms with Gasteiger partial charge in [0.1, 0.15) is 5.82 Å². The number of aryl methyl sites for hydroxylation is 1. The Labute approximate surface area is 198 Å². The van der Waals surface area contributed by atoms with Crippen molar-refractivity contribution < 1.29 is 0 Å². The molecule has 3 aromatic carbocycles. The van der Waals surface area contributed by atoms with Gasteiger partial charge in [-0.3, -0.25) is 4.90 Å². The molecule has 170 valence electrons. The van der Waals surface area contributed by atoms with Crippen molar-refractivity contribution in [2.45, 2.75) is 59.3 Å². The Morgan fingerprint density at radius 2 is 1.30 bits per heavy atom. The second-order valence-corrected chi connectivity index (χ2v) is 8.75. The van der Waals surface area contributed by atoms with Gasteiger partial charge in [-0.05, 0) is 29.5 Å². The largest absolute Gasteiger partial charge is 0.327 e. The molecule has 0 aliphatic carbocycles. The summed E-state index contributed by atoms with van der Waals surface area (Å²) in [4.78, 5) is 7.40. The quantitative estimate of drug-likeness (QED) is 0.249.